The van der Waals surface area contributed by atoms with E-state index in [1.807, 2.05) is 0 Å². The molecule has 0 saturated heterocycles. The number of phenols is 1. The number of carbonyl (C=O) groups excluding carboxylic acids is 1. The fraction of sp³-hybridized carbons (Fsp3) is 0.231. The molecule has 0 radical (unpaired) electrons. The molecule has 0 aliphatic rings. The van der Waals surface area contributed by atoms with E-state index >= 15 is 0 Å². The van der Waals surface area contributed by atoms with Gasteiger partial charge in [0.05, 0.1) is 5.69 Å². The summed E-state index contributed by atoms with van der Waals surface area (Å²) >= 11 is 0. The van der Waals surface area contributed by atoms with Gasteiger partial charge in [-0.05, 0) is 19.1 Å². The quantitative estimate of drug-likeness (QED) is 0.882. The van der Waals surface area contributed by atoms with E-state index in [-0.39, 0.29) is 17.4 Å². The molecule has 1 N–H and O–H groups in total. The minimum atomic E-state index is -0.293. The van der Waals surface area contributed by atoms with Gasteiger partial charge >= 0.3 is 0 Å². The third kappa shape index (κ3) is 2.20. The molecule has 1 aromatic heterocycles. The number of hydrogen-bond acceptors (Lipinski definition) is 4. The summed E-state index contributed by atoms with van der Waals surface area (Å²) < 4.78 is 5.28. The van der Waals surface area contributed by atoms with E-state index in [0.717, 1.165) is 0 Å². The van der Waals surface area contributed by atoms with Gasteiger partial charge in [-0.1, -0.05) is 6.07 Å². The predicted octanol–water partition coefficient (Wildman–Crippen LogP) is 2.27. The van der Waals surface area contributed by atoms with Crippen LogP contribution in [0.5, 0.6) is 5.75 Å². The first kappa shape index (κ1) is 12.2. The molecule has 94 valence electrons. The van der Waals surface area contributed by atoms with Crippen molar-refractivity contribution < 1.29 is 14.3 Å². The lowest BCUT2D eigenvalue weighted by atomic mass is 10.2. The molecule has 0 aliphatic heterocycles. The predicted molar refractivity (Wildman–Crippen MR) is 66.8 cm³/mol. The van der Waals surface area contributed by atoms with Crippen molar-refractivity contribution in [3.05, 3.63) is 41.6 Å². The summed E-state index contributed by atoms with van der Waals surface area (Å²) in [5.41, 5.74) is 1.15. The number of aromatic nitrogens is 1. The molecular weight excluding hydrogens is 232 g/mol. The van der Waals surface area contributed by atoms with Crippen LogP contribution in [0.1, 0.15) is 22.1 Å². The molecular formula is C13H14N2O3. The second-order valence-corrected chi connectivity index (χ2v) is 4.03. The van der Waals surface area contributed by atoms with Crippen molar-refractivity contribution in [2.45, 2.75) is 13.8 Å². The molecule has 1 heterocycles. The number of oxazole rings is 1. The summed E-state index contributed by atoms with van der Waals surface area (Å²) in [6.45, 7) is 3.41. The second-order valence-electron chi connectivity index (χ2n) is 4.03. The van der Waals surface area contributed by atoms with Crippen molar-refractivity contribution in [3.8, 4) is 5.75 Å². The summed E-state index contributed by atoms with van der Waals surface area (Å²) in [5.74, 6) is 0.495. The molecule has 5 heteroatoms. The van der Waals surface area contributed by atoms with Crippen LogP contribution in [-0.4, -0.2) is 23.0 Å². The molecule has 0 saturated carbocycles. The number of benzene rings is 1. The Bertz CT molecular complexity index is 590. The number of rotatable bonds is 2. The van der Waals surface area contributed by atoms with Gasteiger partial charge in [0.25, 0.3) is 5.91 Å². The molecule has 1 amide bonds. The van der Waals surface area contributed by atoms with E-state index in [9.17, 15) is 9.90 Å². The van der Waals surface area contributed by atoms with Crippen molar-refractivity contribution in [2.75, 3.05) is 11.9 Å². The average molecular weight is 246 g/mol. The van der Waals surface area contributed by atoms with Crippen LogP contribution in [0.4, 0.5) is 5.69 Å². The number of aryl methyl sites for hydroxylation is 2. The molecule has 0 fully saturated rings. The smallest absolute Gasteiger partial charge is 0.295 e. The minimum absolute atomic E-state index is 0.109. The largest absolute Gasteiger partial charge is 0.508 e. The molecule has 0 bridgehead atoms. The number of hydrogen-bond donors (Lipinski definition) is 1. The Labute approximate surface area is 105 Å². The third-order valence-electron chi connectivity index (χ3n) is 2.62. The molecule has 2 rings (SSSR count). The lowest BCUT2D eigenvalue weighted by Gasteiger charge is -2.16. The zero-order chi connectivity index (χ0) is 13.3. The van der Waals surface area contributed by atoms with Crippen LogP contribution in [0.25, 0.3) is 0 Å². The van der Waals surface area contributed by atoms with Crippen LogP contribution in [0.15, 0.2) is 28.7 Å². The van der Waals surface area contributed by atoms with Crippen molar-refractivity contribution in [3.63, 3.8) is 0 Å². The van der Waals surface area contributed by atoms with Crippen molar-refractivity contribution in [2.24, 2.45) is 0 Å². The van der Waals surface area contributed by atoms with Crippen LogP contribution in [0.3, 0.4) is 0 Å². The Balaban J connectivity index is 2.32. The first-order valence-corrected chi connectivity index (χ1v) is 5.50. The van der Waals surface area contributed by atoms with Crippen molar-refractivity contribution >= 4 is 11.6 Å². The van der Waals surface area contributed by atoms with E-state index in [4.69, 9.17) is 4.42 Å². The standard InChI is InChI=1S/C13H14N2O3/c1-8-12(18-9(2)14-8)13(17)15(3)10-5-4-6-11(16)7-10/h4-7,16H,1-3H3. The van der Waals surface area contributed by atoms with Gasteiger partial charge in [0.15, 0.2) is 5.89 Å². The Morgan fingerprint density at radius 1 is 1.39 bits per heavy atom. The molecule has 0 aliphatic carbocycles. The molecule has 1 aromatic carbocycles. The summed E-state index contributed by atoms with van der Waals surface area (Å²) in [5, 5.41) is 9.40. The fourth-order valence-electron chi connectivity index (χ4n) is 1.70. The Morgan fingerprint density at radius 2 is 2.11 bits per heavy atom. The van der Waals surface area contributed by atoms with Crippen molar-refractivity contribution in [1.29, 1.82) is 0 Å². The summed E-state index contributed by atoms with van der Waals surface area (Å²) in [4.78, 5) is 17.7. The number of aromatic hydroxyl groups is 1. The van der Waals surface area contributed by atoms with Gasteiger partial charge in [-0.15, -0.1) is 0 Å². The van der Waals surface area contributed by atoms with E-state index < -0.39 is 0 Å². The van der Waals surface area contributed by atoms with Gasteiger partial charge in [0, 0.05) is 25.7 Å². The topological polar surface area (TPSA) is 66.6 Å². The number of anilines is 1. The van der Waals surface area contributed by atoms with E-state index in [2.05, 4.69) is 4.98 Å². The zero-order valence-corrected chi connectivity index (χ0v) is 10.5. The average Bonchev–Trinajstić information content (AvgIpc) is 2.66. The maximum absolute atomic E-state index is 12.2. The van der Waals surface area contributed by atoms with Crippen LogP contribution >= 0.6 is 0 Å². The molecule has 0 unspecified atom stereocenters. The van der Waals surface area contributed by atoms with Crippen LogP contribution in [0.2, 0.25) is 0 Å². The van der Waals surface area contributed by atoms with Crippen LogP contribution in [-0.2, 0) is 0 Å². The molecule has 2 aromatic rings. The Kier molecular flexibility index (Phi) is 3.06. The molecule has 18 heavy (non-hydrogen) atoms. The highest BCUT2D eigenvalue weighted by atomic mass is 16.4. The maximum Gasteiger partial charge on any atom is 0.295 e. The summed E-state index contributed by atoms with van der Waals surface area (Å²) in [6, 6.07) is 6.46. The maximum atomic E-state index is 12.2. The van der Waals surface area contributed by atoms with Gasteiger partial charge in [0.1, 0.15) is 5.75 Å². The fourth-order valence-corrected chi connectivity index (χ4v) is 1.70. The van der Waals surface area contributed by atoms with Gasteiger partial charge in [-0.25, -0.2) is 4.98 Å². The molecule has 0 spiro atoms. The summed E-state index contributed by atoms with van der Waals surface area (Å²) in [7, 11) is 1.62. The van der Waals surface area contributed by atoms with Crippen molar-refractivity contribution in [1.82, 2.24) is 4.98 Å². The second kappa shape index (κ2) is 4.52. The Hall–Kier alpha value is -2.30. The van der Waals surface area contributed by atoms with Crippen LogP contribution < -0.4 is 4.90 Å². The lowest BCUT2D eigenvalue weighted by molar-refractivity contribution is 0.0964. The molecule has 5 nitrogen and oxygen atoms in total. The van der Waals surface area contributed by atoms with Crippen LogP contribution in [0, 0.1) is 13.8 Å². The van der Waals surface area contributed by atoms with Gasteiger partial charge in [-0.3, -0.25) is 4.79 Å². The normalized spacial score (nSPS) is 10.4. The highest BCUT2D eigenvalue weighted by Crippen LogP contribution is 2.21. The zero-order valence-electron chi connectivity index (χ0n) is 10.5. The number of amides is 1. The number of phenolic OH excluding ortho intramolecular Hbond substituents is 1. The lowest BCUT2D eigenvalue weighted by Crippen LogP contribution is -2.26. The van der Waals surface area contributed by atoms with E-state index in [0.29, 0.717) is 17.3 Å². The van der Waals surface area contributed by atoms with Gasteiger partial charge in [0.2, 0.25) is 5.76 Å². The highest BCUT2D eigenvalue weighted by Gasteiger charge is 2.21. The monoisotopic (exact) mass is 246 g/mol. The van der Waals surface area contributed by atoms with Gasteiger partial charge < -0.3 is 14.4 Å². The highest BCUT2D eigenvalue weighted by molar-refractivity contribution is 6.04. The molecule has 0 atom stereocenters. The number of carbonyl (C=O) groups is 1. The Morgan fingerprint density at radius 3 is 2.67 bits per heavy atom. The summed E-state index contributed by atoms with van der Waals surface area (Å²) in [6.07, 6.45) is 0. The first-order chi connectivity index (χ1) is 8.49. The third-order valence-corrected chi connectivity index (χ3v) is 2.62. The minimum Gasteiger partial charge on any atom is -0.508 e. The number of nitrogens with zero attached hydrogens (tertiary/aromatic N) is 2. The SMILES string of the molecule is Cc1nc(C)c(C(=O)N(C)c2cccc(O)c2)o1. The first-order valence-electron chi connectivity index (χ1n) is 5.50. The van der Waals surface area contributed by atoms with E-state index in [1.54, 1.807) is 39.1 Å². The van der Waals surface area contributed by atoms with E-state index in [1.165, 1.54) is 11.0 Å². The van der Waals surface area contributed by atoms with Gasteiger partial charge in [-0.2, -0.15) is 0 Å².